The molecule has 26 heavy (non-hydrogen) atoms. The molecule has 0 radical (unpaired) electrons. The number of carbonyl (C=O) groups excluding carboxylic acids is 1. The molecule has 0 saturated heterocycles. The maximum Gasteiger partial charge on any atom is 0.237 e. The summed E-state index contributed by atoms with van der Waals surface area (Å²) in [6.07, 6.45) is 1.54. The number of hydrogen-bond acceptors (Lipinski definition) is 4. The molecule has 0 spiro atoms. The molecule has 0 aliphatic carbocycles. The van der Waals surface area contributed by atoms with E-state index >= 15 is 0 Å². The van der Waals surface area contributed by atoms with Gasteiger partial charge >= 0.3 is 0 Å². The Kier molecular flexibility index (Phi) is 4.54. The Morgan fingerprint density at radius 2 is 1.73 bits per heavy atom. The Morgan fingerprint density at radius 3 is 2.62 bits per heavy atom. The van der Waals surface area contributed by atoms with Crippen molar-refractivity contribution in [3.8, 4) is 0 Å². The Morgan fingerprint density at radius 1 is 0.962 bits per heavy atom. The fourth-order valence-corrected chi connectivity index (χ4v) is 3.71. The SMILES string of the molecule is C[C@@H](Sc1ncnc2ccccc12)C(=O)Nc1ccc2ccccc2c1. The van der Waals surface area contributed by atoms with Gasteiger partial charge in [0, 0.05) is 11.1 Å². The molecule has 3 aromatic carbocycles. The standard InChI is InChI=1S/C21H17N3OS/c1-14(26-21-18-8-4-5-9-19(18)22-13-23-21)20(25)24-17-11-10-15-6-2-3-7-16(15)12-17/h2-14H,1H3,(H,24,25)/t14-/m1/s1. The smallest absolute Gasteiger partial charge is 0.237 e. The van der Waals surface area contributed by atoms with Crippen LogP contribution in [0.4, 0.5) is 5.69 Å². The molecule has 0 unspecified atom stereocenters. The summed E-state index contributed by atoms with van der Waals surface area (Å²) < 4.78 is 0. The van der Waals surface area contributed by atoms with Crippen molar-refractivity contribution < 1.29 is 4.79 Å². The van der Waals surface area contributed by atoms with Gasteiger partial charge in [-0.25, -0.2) is 9.97 Å². The Balaban J connectivity index is 1.52. The van der Waals surface area contributed by atoms with Gasteiger partial charge in [-0.15, -0.1) is 0 Å². The van der Waals surface area contributed by atoms with Gasteiger partial charge in [-0.2, -0.15) is 0 Å². The molecule has 0 aliphatic heterocycles. The van der Waals surface area contributed by atoms with Crippen molar-refractivity contribution in [2.45, 2.75) is 17.2 Å². The molecule has 1 heterocycles. The van der Waals surface area contributed by atoms with Crippen molar-refractivity contribution in [1.82, 2.24) is 9.97 Å². The van der Waals surface area contributed by atoms with E-state index in [1.54, 1.807) is 6.33 Å². The van der Waals surface area contributed by atoms with Crippen LogP contribution in [0.3, 0.4) is 0 Å². The third kappa shape index (κ3) is 3.39. The summed E-state index contributed by atoms with van der Waals surface area (Å²) in [5.74, 6) is -0.0482. The second kappa shape index (κ2) is 7.14. The number of amides is 1. The number of nitrogens with one attached hydrogen (secondary N) is 1. The minimum Gasteiger partial charge on any atom is -0.325 e. The molecule has 1 amide bonds. The first-order valence-corrected chi connectivity index (χ1v) is 9.25. The molecule has 4 nitrogen and oxygen atoms in total. The molecule has 1 N–H and O–H groups in total. The minimum absolute atomic E-state index is 0.0482. The van der Waals surface area contributed by atoms with Crippen LogP contribution in [0.25, 0.3) is 21.7 Å². The number of hydrogen-bond donors (Lipinski definition) is 1. The van der Waals surface area contributed by atoms with Gasteiger partial charge < -0.3 is 5.32 Å². The van der Waals surface area contributed by atoms with Crippen LogP contribution < -0.4 is 5.32 Å². The number of para-hydroxylation sites is 1. The zero-order valence-electron chi connectivity index (χ0n) is 14.2. The predicted octanol–water partition coefficient (Wildman–Crippen LogP) is 4.90. The normalized spacial score (nSPS) is 12.2. The second-order valence-electron chi connectivity index (χ2n) is 6.01. The fraction of sp³-hybridized carbons (Fsp3) is 0.0952. The van der Waals surface area contributed by atoms with Gasteiger partial charge in [-0.3, -0.25) is 4.79 Å². The fourth-order valence-electron chi connectivity index (χ4n) is 2.81. The van der Waals surface area contributed by atoms with Crippen LogP contribution in [0, 0.1) is 0 Å². The molecular formula is C21H17N3OS. The largest absolute Gasteiger partial charge is 0.325 e. The number of fused-ring (bicyclic) bond motifs is 2. The lowest BCUT2D eigenvalue weighted by Crippen LogP contribution is -2.22. The van der Waals surface area contributed by atoms with E-state index < -0.39 is 0 Å². The van der Waals surface area contributed by atoms with Crippen molar-refractivity contribution >= 4 is 45.0 Å². The third-order valence-corrected chi connectivity index (χ3v) is 5.30. The maximum absolute atomic E-state index is 12.6. The van der Waals surface area contributed by atoms with Gasteiger partial charge in [-0.05, 0) is 35.9 Å². The summed E-state index contributed by atoms with van der Waals surface area (Å²) in [5, 5.41) is 6.76. The first-order chi connectivity index (χ1) is 12.7. The van der Waals surface area contributed by atoms with Crippen LogP contribution in [0.2, 0.25) is 0 Å². The minimum atomic E-state index is -0.278. The highest BCUT2D eigenvalue weighted by Crippen LogP contribution is 2.28. The van der Waals surface area contributed by atoms with Gasteiger partial charge in [0.05, 0.1) is 10.8 Å². The van der Waals surface area contributed by atoms with Gasteiger partial charge in [-0.1, -0.05) is 60.3 Å². The molecule has 1 atom stereocenters. The van der Waals surface area contributed by atoms with Crippen LogP contribution in [-0.4, -0.2) is 21.1 Å². The topological polar surface area (TPSA) is 54.9 Å². The van der Waals surface area contributed by atoms with Crippen molar-refractivity contribution in [3.05, 3.63) is 73.1 Å². The molecule has 1 aromatic heterocycles. The zero-order chi connectivity index (χ0) is 17.9. The second-order valence-corrected chi connectivity index (χ2v) is 7.34. The Labute approximate surface area is 155 Å². The average Bonchev–Trinajstić information content (AvgIpc) is 2.68. The number of benzene rings is 3. The third-order valence-electron chi connectivity index (χ3n) is 4.18. The van der Waals surface area contributed by atoms with E-state index in [0.29, 0.717) is 0 Å². The molecule has 0 bridgehead atoms. The van der Waals surface area contributed by atoms with Crippen molar-refractivity contribution in [2.24, 2.45) is 0 Å². The van der Waals surface area contributed by atoms with E-state index in [2.05, 4.69) is 21.4 Å². The molecule has 0 saturated carbocycles. The molecule has 4 aromatic rings. The lowest BCUT2D eigenvalue weighted by atomic mass is 10.1. The van der Waals surface area contributed by atoms with Crippen LogP contribution in [-0.2, 0) is 4.79 Å². The Bertz CT molecular complexity index is 1090. The summed E-state index contributed by atoms with van der Waals surface area (Å²) in [6, 6.07) is 21.8. The lowest BCUT2D eigenvalue weighted by molar-refractivity contribution is -0.115. The molecule has 0 fully saturated rings. The summed E-state index contributed by atoms with van der Waals surface area (Å²) in [7, 11) is 0. The van der Waals surface area contributed by atoms with E-state index in [1.165, 1.54) is 11.8 Å². The first kappa shape index (κ1) is 16.5. The molecule has 5 heteroatoms. The molecule has 128 valence electrons. The quantitative estimate of drug-likeness (QED) is 0.416. The number of rotatable bonds is 4. The number of carbonyl (C=O) groups is 1. The average molecular weight is 359 g/mol. The molecule has 4 rings (SSSR count). The van der Waals surface area contributed by atoms with Gasteiger partial charge in [0.15, 0.2) is 0 Å². The van der Waals surface area contributed by atoms with Crippen LogP contribution >= 0.6 is 11.8 Å². The molecule has 0 aliphatic rings. The Hall–Kier alpha value is -2.92. The van der Waals surface area contributed by atoms with Crippen LogP contribution in [0.1, 0.15) is 6.92 Å². The highest BCUT2D eigenvalue weighted by Gasteiger charge is 2.17. The van der Waals surface area contributed by atoms with E-state index in [9.17, 15) is 4.79 Å². The lowest BCUT2D eigenvalue weighted by Gasteiger charge is -2.13. The van der Waals surface area contributed by atoms with E-state index in [1.807, 2.05) is 67.6 Å². The van der Waals surface area contributed by atoms with Crippen LogP contribution in [0.5, 0.6) is 0 Å². The first-order valence-electron chi connectivity index (χ1n) is 8.37. The summed E-state index contributed by atoms with van der Waals surface area (Å²) >= 11 is 1.44. The summed E-state index contributed by atoms with van der Waals surface area (Å²) in [6.45, 7) is 1.89. The van der Waals surface area contributed by atoms with Crippen molar-refractivity contribution in [1.29, 1.82) is 0 Å². The number of thioether (sulfide) groups is 1. The van der Waals surface area contributed by atoms with Crippen molar-refractivity contribution in [3.63, 3.8) is 0 Å². The van der Waals surface area contributed by atoms with Gasteiger partial charge in [0.1, 0.15) is 11.4 Å². The van der Waals surface area contributed by atoms with E-state index in [4.69, 9.17) is 0 Å². The van der Waals surface area contributed by atoms with Crippen LogP contribution in [0.15, 0.2) is 78.1 Å². The zero-order valence-corrected chi connectivity index (χ0v) is 15.0. The predicted molar refractivity (Wildman–Crippen MR) is 107 cm³/mol. The monoisotopic (exact) mass is 359 g/mol. The number of anilines is 1. The molecular weight excluding hydrogens is 342 g/mol. The van der Waals surface area contributed by atoms with Crippen molar-refractivity contribution in [2.75, 3.05) is 5.32 Å². The van der Waals surface area contributed by atoms with Gasteiger partial charge in [0.25, 0.3) is 0 Å². The highest BCUT2D eigenvalue weighted by atomic mass is 32.2. The van der Waals surface area contributed by atoms with E-state index in [-0.39, 0.29) is 11.2 Å². The maximum atomic E-state index is 12.6. The van der Waals surface area contributed by atoms with E-state index in [0.717, 1.165) is 32.4 Å². The number of nitrogens with zero attached hydrogens (tertiary/aromatic N) is 2. The summed E-state index contributed by atoms with van der Waals surface area (Å²) in [4.78, 5) is 21.2. The summed E-state index contributed by atoms with van der Waals surface area (Å²) in [5.41, 5.74) is 1.68. The highest BCUT2D eigenvalue weighted by molar-refractivity contribution is 8.00. The number of aromatic nitrogens is 2. The van der Waals surface area contributed by atoms with Gasteiger partial charge in [0.2, 0.25) is 5.91 Å².